The highest BCUT2D eigenvalue weighted by Crippen LogP contribution is 2.16. The van der Waals surface area contributed by atoms with Crippen LogP contribution in [0.4, 0.5) is 0 Å². The van der Waals surface area contributed by atoms with Gasteiger partial charge in [0.2, 0.25) is 0 Å². The smallest absolute Gasteiger partial charge is 0.306 e. The second-order valence-corrected chi connectivity index (χ2v) is 22.4. The van der Waals surface area contributed by atoms with Crippen molar-refractivity contribution in [2.24, 2.45) is 0 Å². The van der Waals surface area contributed by atoms with E-state index in [-0.39, 0.29) is 31.1 Å². The maximum atomic E-state index is 12.9. The average molecular weight is 1110 g/mol. The van der Waals surface area contributed by atoms with Gasteiger partial charge in [-0.1, -0.05) is 304 Å². The zero-order valence-electron chi connectivity index (χ0n) is 52.6. The molecule has 0 aliphatic heterocycles. The maximum absolute atomic E-state index is 12.9. The van der Waals surface area contributed by atoms with Gasteiger partial charge in [0.15, 0.2) is 6.10 Å². The van der Waals surface area contributed by atoms with Crippen molar-refractivity contribution in [2.45, 2.75) is 329 Å². The lowest BCUT2D eigenvalue weighted by Crippen LogP contribution is -2.30. The van der Waals surface area contributed by atoms with Crippen molar-refractivity contribution >= 4 is 17.9 Å². The van der Waals surface area contributed by atoms with Gasteiger partial charge in [0.1, 0.15) is 13.2 Å². The lowest BCUT2D eigenvalue weighted by molar-refractivity contribution is -0.167. The van der Waals surface area contributed by atoms with Gasteiger partial charge >= 0.3 is 17.9 Å². The van der Waals surface area contributed by atoms with E-state index in [0.717, 1.165) is 116 Å². The van der Waals surface area contributed by atoms with Crippen LogP contribution in [0.2, 0.25) is 0 Å². The predicted octanol–water partition coefficient (Wildman–Crippen LogP) is 23.4. The van der Waals surface area contributed by atoms with Crippen LogP contribution in [-0.2, 0) is 28.6 Å². The highest BCUT2D eigenvalue weighted by Gasteiger charge is 2.19. The molecule has 6 nitrogen and oxygen atoms in total. The maximum Gasteiger partial charge on any atom is 0.306 e. The lowest BCUT2D eigenvalue weighted by Gasteiger charge is -2.18. The molecule has 1 atom stereocenters. The fraction of sp³-hybridized carbons (Fsp3) is 0.716. The molecule has 458 valence electrons. The van der Waals surface area contributed by atoms with Gasteiger partial charge in [-0.25, -0.2) is 0 Å². The van der Waals surface area contributed by atoms with Crippen LogP contribution in [0.15, 0.2) is 109 Å². The summed E-state index contributed by atoms with van der Waals surface area (Å²) in [6.07, 6.45) is 92.4. The van der Waals surface area contributed by atoms with Gasteiger partial charge in [-0.15, -0.1) is 0 Å². The Hall–Kier alpha value is -3.93. The summed E-state index contributed by atoms with van der Waals surface area (Å²) in [5, 5.41) is 0. The fourth-order valence-electron chi connectivity index (χ4n) is 9.45. The summed E-state index contributed by atoms with van der Waals surface area (Å²) < 4.78 is 16.9. The minimum absolute atomic E-state index is 0.0787. The minimum atomic E-state index is -0.783. The first-order valence-electron chi connectivity index (χ1n) is 33.9. The number of hydrogen-bond acceptors (Lipinski definition) is 6. The fourth-order valence-corrected chi connectivity index (χ4v) is 9.45. The summed E-state index contributed by atoms with van der Waals surface area (Å²) in [4.78, 5) is 38.3. The molecule has 0 saturated heterocycles. The van der Waals surface area contributed by atoms with Gasteiger partial charge in [-0.05, 0) is 109 Å². The molecule has 0 spiro atoms. The van der Waals surface area contributed by atoms with Crippen LogP contribution in [-0.4, -0.2) is 37.2 Å². The molecule has 0 rings (SSSR count). The molecule has 0 aromatic carbocycles. The molecular formula is C74H126O6. The van der Waals surface area contributed by atoms with Crippen LogP contribution in [0, 0.1) is 0 Å². The van der Waals surface area contributed by atoms with Crippen molar-refractivity contribution in [3.05, 3.63) is 109 Å². The van der Waals surface area contributed by atoms with Crippen LogP contribution in [0.25, 0.3) is 0 Å². The van der Waals surface area contributed by atoms with Crippen LogP contribution in [0.3, 0.4) is 0 Å². The Bertz CT molecular complexity index is 1610. The first-order valence-corrected chi connectivity index (χ1v) is 33.9. The molecule has 0 bridgehead atoms. The molecule has 80 heavy (non-hydrogen) atoms. The quantitative estimate of drug-likeness (QED) is 0.0261. The third kappa shape index (κ3) is 64.9. The Morgan fingerprint density at radius 3 is 0.787 bits per heavy atom. The summed E-state index contributed by atoms with van der Waals surface area (Å²) >= 11 is 0. The number of unbranched alkanes of at least 4 members (excludes halogenated alkanes) is 32. The summed E-state index contributed by atoms with van der Waals surface area (Å²) in [5.74, 6) is -0.878. The number of allylic oxidation sites excluding steroid dienone is 18. The third-order valence-corrected chi connectivity index (χ3v) is 14.5. The van der Waals surface area contributed by atoms with Crippen molar-refractivity contribution in [3.63, 3.8) is 0 Å². The highest BCUT2D eigenvalue weighted by atomic mass is 16.6. The minimum Gasteiger partial charge on any atom is -0.462 e. The van der Waals surface area contributed by atoms with E-state index in [9.17, 15) is 14.4 Å². The van der Waals surface area contributed by atoms with Gasteiger partial charge in [-0.2, -0.15) is 0 Å². The van der Waals surface area contributed by atoms with Crippen LogP contribution >= 0.6 is 0 Å². The van der Waals surface area contributed by atoms with E-state index in [1.165, 1.54) is 167 Å². The number of carbonyl (C=O) groups excluding carboxylic acids is 3. The largest absolute Gasteiger partial charge is 0.462 e. The van der Waals surface area contributed by atoms with E-state index in [1.807, 2.05) is 0 Å². The molecule has 1 unspecified atom stereocenters. The second-order valence-electron chi connectivity index (χ2n) is 22.4. The van der Waals surface area contributed by atoms with Crippen LogP contribution in [0.1, 0.15) is 323 Å². The zero-order chi connectivity index (χ0) is 57.8. The van der Waals surface area contributed by atoms with E-state index < -0.39 is 6.10 Å². The first-order chi connectivity index (χ1) is 39.5. The van der Waals surface area contributed by atoms with Gasteiger partial charge in [-0.3, -0.25) is 14.4 Å². The van der Waals surface area contributed by atoms with E-state index >= 15 is 0 Å². The van der Waals surface area contributed by atoms with Crippen molar-refractivity contribution in [3.8, 4) is 0 Å². The topological polar surface area (TPSA) is 78.9 Å². The van der Waals surface area contributed by atoms with Gasteiger partial charge < -0.3 is 14.2 Å². The molecular weight excluding hydrogens is 985 g/mol. The molecule has 0 radical (unpaired) electrons. The standard InChI is InChI=1S/C74H126O6/c1-4-7-10-13-16-19-22-25-27-29-31-32-33-34-35-36-37-38-39-40-41-42-44-45-47-49-52-55-58-61-64-67-73(76)79-70-71(69-78-72(75)66-63-60-57-54-51-24-21-18-15-12-9-6-3)80-74(77)68-65-62-59-56-53-50-48-46-43-30-28-26-23-20-17-14-11-8-5-2/h7,10,16-17,19-20,25-28,31-32,34-35,37-38,40-41,71H,4-6,8-9,11-15,18,21-24,29-30,33,36,39,42-70H2,1-3H3/b10-7-,19-16-,20-17-,27-25-,28-26-,32-31-,35-34-,38-37-,41-40-. The van der Waals surface area contributed by atoms with Crippen molar-refractivity contribution in [1.29, 1.82) is 0 Å². The van der Waals surface area contributed by atoms with Gasteiger partial charge in [0, 0.05) is 19.3 Å². The second kappa shape index (κ2) is 67.6. The lowest BCUT2D eigenvalue weighted by atomic mass is 10.0. The number of carbonyl (C=O) groups is 3. The van der Waals surface area contributed by atoms with E-state index in [1.54, 1.807) is 0 Å². The van der Waals surface area contributed by atoms with Crippen molar-refractivity contribution in [1.82, 2.24) is 0 Å². The summed E-state index contributed by atoms with van der Waals surface area (Å²) in [6, 6.07) is 0. The molecule has 0 aromatic heterocycles. The highest BCUT2D eigenvalue weighted by molar-refractivity contribution is 5.71. The average Bonchev–Trinajstić information content (AvgIpc) is 3.46. The summed E-state index contributed by atoms with van der Waals surface area (Å²) in [6.45, 7) is 6.52. The Balaban J connectivity index is 4.27. The molecule has 0 saturated carbocycles. The molecule has 0 aliphatic carbocycles. The Morgan fingerprint density at radius 2 is 0.487 bits per heavy atom. The van der Waals surface area contributed by atoms with Crippen molar-refractivity contribution in [2.75, 3.05) is 13.2 Å². The molecule has 0 N–H and O–H groups in total. The van der Waals surface area contributed by atoms with E-state index in [0.29, 0.717) is 19.3 Å². The van der Waals surface area contributed by atoms with Gasteiger partial charge in [0.05, 0.1) is 0 Å². The van der Waals surface area contributed by atoms with E-state index in [4.69, 9.17) is 14.2 Å². The molecule has 0 fully saturated rings. The monoisotopic (exact) mass is 1110 g/mol. The summed E-state index contributed by atoms with van der Waals surface area (Å²) in [5.41, 5.74) is 0. The Labute approximate surface area is 495 Å². The molecule has 0 aliphatic rings. The molecule has 0 amide bonds. The molecule has 0 aromatic rings. The Morgan fingerprint density at radius 1 is 0.263 bits per heavy atom. The van der Waals surface area contributed by atoms with Crippen LogP contribution < -0.4 is 0 Å². The van der Waals surface area contributed by atoms with E-state index in [2.05, 4.69) is 130 Å². The van der Waals surface area contributed by atoms with Gasteiger partial charge in [0.25, 0.3) is 0 Å². The SMILES string of the molecule is CC/C=C\C/C=C\C/C=C\C/C=C\C/C=C\C/C=C\C/C=C\CCCCCCCCCCCC(=O)OCC(COC(=O)CCCCCCCCCCCCCC)OC(=O)CCCCCCCCCCC/C=C\C/C=C\CCCCC. The Kier molecular flexibility index (Phi) is 64.3. The zero-order valence-corrected chi connectivity index (χ0v) is 52.6. The number of esters is 3. The number of ether oxygens (including phenoxy) is 3. The number of hydrogen-bond donors (Lipinski definition) is 0. The van der Waals surface area contributed by atoms with Crippen molar-refractivity contribution < 1.29 is 28.6 Å². The van der Waals surface area contributed by atoms with Crippen LogP contribution in [0.5, 0.6) is 0 Å². The normalized spacial score (nSPS) is 12.8. The summed E-state index contributed by atoms with van der Waals surface area (Å²) in [7, 11) is 0. The first kappa shape index (κ1) is 76.1. The number of rotatable bonds is 61. The molecule has 0 heterocycles. The molecule has 6 heteroatoms. The predicted molar refractivity (Wildman–Crippen MR) is 348 cm³/mol. The third-order valence-electron chi connectivity index (χ3n) is 14.5.